The molecule has 0 spiro atoms. The molecule has 0 aromatic heterocycles. The lowest BCUT2D eigenvalue weighted by Crippen LogP contribution is -2.38. The van der Waals surface area contributed by atoms with Crippen molar-refractivity contribution >= 4 is 11.9 Å². The van der Waals surface area contributed by atoms with Gasteiger partial charge < -0.3 is 15.5 Å². The summed E-state index contributed by atoms with van der Waals surface area (Å²) in [6.45, 7) is 1.23. The highest BCUT2D eigenvalue weighted by molar-refractivity contribution is 5.98. The van der Waals surface area contributed by atoms with Gasteiger partial charge in [-0.05, 0) is 19.1 Å². The van der Waals surface area contributed by atoms with Gasteiger partial charge >= 0.3 is 5.97 Å². The van der Waals surface area contributed by atoms with Gasteiger partial charge in [-0.1, -0.05) is 6.07 Å². The average molecular weight is 227 g/mol. The van der Waals surface area contributed by atoms with Crippen LogP contribution in [-0.4, -0.2) is 28.1 Å². The van der Waals surface area contributed by atoms with Crippen molar-refractivity contribution in [2.75, 3.05) is 0 Å². The summed E-state index contributed by atoms with van der Waals surface area (Å²) in [6, 6.07) is 2.22. The van der Waals surface area contributed by atoms with Gasteiger partial charge in [0, 0.05) is 0 Å². The number of aliphatic carboxylic acids is 1. The monoisotopic (exact) mass is 227 g/mol. The molecule has 0 saturated carbocycles. The Hall–Kier alpha value is -2.11. The van der Waals surface area contributed by atoms with Gasteiger partial charge in [0.1, 0.15) is 23.2 Å². The number of phenols is 1. The lowest BCUT2D eigenvalue weighted by atomic mass is 10.1. The van der Waals surface area contributed by atoms with Crippen LogP contribution in [-0.2, 0) is 4.79 Å². The van der Waals surface area contributed by atoms with Crippen molar-refractivity contribution in [3.05, 3.63) is 29.6 Å². The van der Waals surface area contributed by atoms with E-state index in [2.05, 4.69) is 0 Å². The minimum absolute atomic E-state index is 0.532. The van der Waals surface area contributed by atoms with E-state index in [1.165, 1.54) is 13.0 Å². The lowest BCUT2D eigenvalue weighted by Gasteiger charge is -2.10. The molecular weight excluding hydrogens is 217 g/mol. The summed E-state index contributed by atoms with van der Waals surface area (Å²) in [4.78, 5) is 21.9. The molecule has 0 aliphatic carbocycles. The summed E-state index contributed by atoms with van der Waals surface area (Å²) in [5.41, 5.74) is -0.560. The first-order chi connectivity index (χ1) is 7.43. The van der Waals surface area contributed by atoms with Gasteiger partial charge in [0.2, 0.25) is 0 Å². The zero-order valence-electron chi connectivity index (χ0n) is 8.40. The third kappa shape index (κ3) is 2.47. The van der Waals surface area contributed by atoms with Crippen molar-refractivity contribution in [2.24, 2.45) is 0 Å². The molecule has 1 aromatic rings. The van der Waals surface area contributed by atoms with Gasteiger partial charge in [-0.25, -0.2) is 4.39 Å². The molecule has 0 fully saturated rings. The molecule has 1 atom stereocenters. The quantitative estimate of drug-likeness (QED) is 0.710. The van der Waals surface area contributed by atoms with Crippen molar-refractivity contribution in [1.29, 1.82) is 0 Å². The number of halogens is 1. The minimum atomic E-state index is -1.25. The van der Waals surface area contributed by atoms with E-state index in [1.807, 2.05) is 5.32 Å². The third-order valence-electron chi connectivity index (χ3n) is 1.94. The van der Waals surface area contributed by atoms with Crippen LogP contribution in [0.2, 0.25) is 0 Å². The molecule has 16 heavy (non-hydrogen) atoms. The van der Waals surface area contributed by atoms with Gasteiger partial charge in [-0.2, -0.15) is 0 Å². The summed E-state index contributed by atoms with van der Waals surface area (Å²) in [6.07, 6.45) is 0. The van der Waals surface area contributed by atoms with Crippen molar-refractivity contribution in [2.45, 2.75) is 13.0 Å². The second-order valence-corrected chi connectivity index (χ2v) is 3.17. The van der Waals surface area contributed by atoms with Gasteiger partial charge in [-0.15, -0.1) is 0 Å². The second-order valence-electron chi connectivity index (χ2n) is 3.17. The number of hydrogen-bond donors (Lipinski definition) is 3. The minimum Gasteiger partial charge on any atom is -0.507 e. The van der Waals surface area contributed by atoms with Crippen molar-refractivity contribution in [1.82, 2.24) is 5.32 Å². The maximum absolute atomic E-state index is 13.2. The molecule has 6 heteroatoms. The number of carbonyl (C=O) groups is 2. The average Bonchev–Trinajstić information content (AvgIpc) is 2.16. The van der Waals surface area contributed by atoms with Crippen LogP contribution in [0.1, 0.15) is 17.3 Å². The first-order valence-electron chi connectivity index (χ1n) is 4.44. The summed E-state index contributed by atoms with van der Waals surface area (Å²) >= 11 is 0. The fraction of sp³-hybridized carbons (Fsp3) is 0.200. The molecule has 0 aliphatic rings. The predicted molar refractivity (Wildman–Crippen MR) is 52.6 cm³/mol. The SMILES string of the molecule is C[C@H](NC(=O)c1c(O)cccc1F)C(=O)O. The number of carboxylic acids is 1. The van der Waals surface area contributed by atoms with E-state index in [0.717, 1.165) is 12.1 Å². The Balaban J connectivity index is 2.93. The number of rotatable bonds is 3. The summed E-state index contributed by atoms with van der Waals surface area (Å²) in [7, 11) is 0. The molecule has 0 radical (unpaired) electrons. The smallest absolute Gasteiger partial charge is 0.325 e. The standard InChI is InChI=1S/C10H10FNO4/c1-5(10(15)16)12-9(14)8-6(11)3-2-4-7(8)13/h2-5,13H,1H3,(H,12,14)(H,15,16)/t5-/m0/s1. The Morgan fingerprint density at radius 1 is 1.44 bits per heavy atom. The Morgan fingerprint density at radius 3 is 2.56 bits per heavy atom. The maximum Gasteiger partial charge on any atom is 0.325 e. The molecule has 1 rings (SSSR count). The number of nitrogens with one attached hydrogen (secondary N) is 1. The van der Waals surface area contributed by atoms with E-state index in [1.54, 1.807) is 0 Å². The van der Waals surface area contributed by atoms with Crippen molar-refractivity contribution in [3.63, 3.8) is 0 Å². The van der Waals surface area contributed by atoms with Crippen molar-refractivity contribution < 1.29 is 24.2 Å². The van der Waals surface area contributed by atoms with Crippen LogP contribution in [0.5, 0.6) is 5.75 Å². The van der Waals surface area contributed by atoms with Crippen LogP contribution >= 0.6 is 0 Å². The van der Waals surface area contributed by atoms with Crippen molar-refractivity contribution in [3.8, 4) is 5.75 Å². The number of aromatic hydroxyl groups is 1. The first kappa shape index (κ1) is 12.0. The molecule has 3 N–H and O–H groups in total. The topological polar surface area (TPSA) is 86.6 Å². The normalized spacial score (nSPS) is 11.9. The molecule has 0 heterocycles. The zero-order chi connectivity index (χ0) is 12.3. The zero-order valence-corrected chi connectivity index (χ0v) is 8.40. The maximum atomic E-state index is 13.2. The lowest BCUT2D eigenvalue weighted by molar-refractivity contribution is -0.138. The molecule has 86 valence electrons. The molecule has 0 unspecified atom stereocenters. The molecular formula is C10H10FNO4. The highest BCUT2D eigenvalue weighted by Crippen LogP contribution is 2.19. The highest BCUT2D eigenvalue weighted by Gasteiger charge is 2.20. The Labute approximate surface area is 90.5 Å². The van der Waals surface area contributed by atoms with Gasteiger partial charge in [0.25, 0.3) is 5.91 Å². The number of carbonyl (C=O) groups excluding carboxylic acids is 1. The van der Waals surface area contributed by atoms with E-state index in [-0.39, 0.29) is 0 Å². The number of carboxylic acid groups (broad SMARTS) is 1. The van der Waals surface area contributed by atoms with E-state index in [0.29, 0.717) is 0 Å². The van der Waals surface area contributed by atoms with Crippen LogP contribution in [0.25, 0.3) is 0 Å². The summed E-state index contributed by atoms with van der Waals surface area (Å²) in [5.74, 6) is -3.65. The van der Waals surface area contributed by atoms with Crippen LogP contribution in [0.15, 0.2) is 18.2 Å². The van der Waals surface area contributed by atoms with E-state index < -0.39 is 35.0 Å². The van der Waals surface area contributed by atoms with Crippen LogP contribution in [0.3, 0.4) is 0 Å². The number of hydrogen-bond acceptors (Lipinski definition) is 3. The Kier molecular flexibility index (Phi) is 3.44. The number of amides is 1. The fourth-order valence-electron chi connectivity index (χ4n) is 1.07. The molecule has 1 amide bonds. The highest BCUT2D eigenvalue weighted by atomic mass is 19.1. The second kappa shape index (κ2) is 4.61. The van der Waals surface area contributed by atoms with Gasteiger partial charge in [-0.3, -0.25) is 9.59 Å². The van der Waals surface area contributed by atoms with Crippen LogP contribution < -0.4 is 5.32 Å². The van der Waals surface area contributed by atoms with Crippen LogP contribution in [0, 0.1) is 5.82 Å². The van der Waals surface area contributed by atoms with Gasteiger partial charge in [0.05, 0.1) is 0 Å². The Bertz CT molecular complexity index is 413. The van der Waals surface area contributed by atoms with E-state index in [9.17, 15) is 19.1 Å². The summed E-state index contributed by atoms with van der Waals surface area (Å²) < 4.78 is 13.2. The molecule has 0 bridgehead atoms. The number of benzene rings is 1. The summed E-state index contributed by atoms with van der Waals surface area (Å²) in [5, 5.41) is 19.8. The fourth-order valence-corrected chi connectivity index (χ4v) is 1.07. The Morgan fingerprint density at radius 2 is 2.06 bits per heavy atom. The predicted octanol–water partition coefficient (Wildman–Crippen LogP) is 0.734. The molecule has 5 nitrogen and oxygen atoms in total. The van der Waals surface area contributed by atoms with E-state index >= 15 is 0 Å². The van der Waals surface area contributed by atoms with Crippen LogP contribution in [0.4, 0.5) is 4.39 Å². The largest absolute Gasteiger partial charge is 0.507 e. The van der Waals surface area contributed by atoms with E-state index in [4.69, 9.17) is 5.11 Å². The molecule has 0 saturated heterocycles. The van der Waals surface area contributed by atoms with Gasteiger partial charge in [0.15, 0.2) is 0 Å². The first-order valence-corrected chi connectivity index (χ1v) is 4.44. The third-order valence-corrected chi connectivity index (χ3v) is 1.94. The molecule has 0 aliphatic heterocycles. The number of phenolic OH excluding ortho intramolecular Hbond substituents is 1. The molecule has 1 aromatic carbocycles.